The first-order valence-corrected chi connectivity index (χ1v) is 9.79. The van der Waals surface area contributed by atoms with Gasteiger partial charge in [0.1, 0.15) is 5.76 Å². The Balaban J connectivity index is 1.60. The van der Waals surface area contributed by atoms with Crippen LogP contribution in [0.4, 0.5) is 0 Å². The van der Waals surface area contributed by atoms with Gasteiger partial charge in [-0.05, 0) is 72.1 Å². The van der Waals surface area contributed by atoms with Crippen LogP contribution in [0.25, 0.3) is 0 Å². The number of nitrogens with zero attached hydrogens (tertiary/aromatic N) is 3. The van der Waals surface area contributed by atoms with Crippen molar-refractivity contribution in [1.82, 2.24) is 20.3 Å². The van der Waals surface area contributed by atoms with Gasteiger partial charge in [-0.25, -0.2) is 0 Å². The Morgan fingerprint density at radius 2 is 2.12 bits per heavy atom. The van der Waals surface area contributed by atoms with Crippen molar-refractivity contribution >= 4 is 5.91 Å². The number of likely N-dealkylation sites (tertiary alicyclic amines) is 1. The van der Waals surface area contributed by atoms with E-state index in [1.807, 2.05) is 13.8 Å². The number of aromatic nitrogens is 1. The molecule has 1 atom stereocenters. The summed E-state index contributed by atoms with van der Waals surface area (Å²) in [4.78, 5) is 17.7. The van der Waals surface area contributed by atoms with Gasteiger partial charge < -0.3 is 19.6 Å². The van der Waals surface area contributed by atoms with Gasteiger partial charge in [0.15, 0.2) is 0 Å². The van der Waals surface area contributed by atoms with Gasteiger partial charge in [0, 0.05) is 24.7 Å². The Labute approximate surface area is 150 Å². The molecule has 2 aliphatic heterocycles. The molecule has 0 saturated carbocycles. The van der Waals surface area contributed by atoms with Gasteiger partial charge in [0.05, 0.1) is 12.1 Å². The predicted molar refractivity (Wildman–Crippen MR) is 97.6 cm³/mol. The molecule has 1 unspecified atom stereocenters. The molecular formula is C19H32N4O2. The number of hydrogen-bond donors (Lipinski definition) is 1. The van der Waals surface area contributed by atoms with E-state index in [0.717, 1.165) is 62.5 Å². The molecule has 1 aromatic heterocycles. The van der Waals surface area contributed by atoms with Gasteiger partial charge in [-0.2, -0.15) is 0 Å². The van der Waals surface area contributed by atoms with Crippen LogP contribution in [0.3, 0.4) is 0 Å². The molecule has 3 heterocycles. The minimum Gasteiger partial charge on any atom is -0.361 e. The summed E-state index contributed by atoms with van der Waals surface area (Å²) in [6.07, 6.45) is 6.35. The fourth-order valence-electron chi connectivity index (χ4n) is 4.09. The zero-order valence-electron chi connectivity index (χ0n) is 15.7. The molecule has 0 spiro atoms. The maximum Gasteiger partial charge on any atom is 0.227 e. The highest BCUT2D eigenvalue weighted by molar-refractivity contribution is 5.79. The van der Waals surface area contributed by atoms with Crippen molar-refractivity contribution in [1.29, 1.82) is 0 Å². The van der Waals surface area contributed by atoms with Crippen LogP contribution in [-0.4, -0.2) is 66.2 Å². The van der Waals surface area contributed by atoms with Gasteiger partial charge in [0.25, 0.3) is 0 Å². The van der Waals surface area contributed by atoms with Crippen LogP contribution < -0.4 is 5.32 Å². The smallest absolute Gasteiger partial charge is 0.227 e. The zero-order valence-corrected chi connectivity index (χ0v) is 15.7. The summed E-state index contributed by atoms with van der Waals surface area (Å²) in [5.41, 5.74) is 1.79. The number of amides is 1. The van der Waals surface area contributed by atoms with Crippen LogP contribution in [0, 0.1) is 13.8 Å². The SMILES string of the molecule is Cc1noc(C)c1CC(=O)N(CCCN1CCCC1)C1CCCNC1. The standard InChI is InChI=1S/C19H32N4O2/c1-15-18(16(2)25-21-15)13-19(24)23(17-7-5-8-20-14-17)12-6-11-22-9-3-4-10-22/h17,20H,3-14H2,1-2H3. The summed E-state index contributed by atoms with van der Waals surface area (Å²) in [5, 5.41) is 7.44. The van der Waals surface area contributed by atoms with Crippen LogP contribution in [0.5, 0.6) is 0 Å². The average Bonchev–Trinajstić information content (AvgIpc) is 3.25. The molecule has 0 bridgehead atoms. The van der Waals surface area contributed by atoms with E-state index >= 15 is 0 Å². The number of carbonyl (C=O) groups excluding carboxylic acids is 1. The molecular weight excluding hydrogens is 316 g/mol. The lowest BCUT2D eigenvalue weighted by Crippen LogP contribution is -2.50. The Morgan fingerprint density at radius 1 is 1.32 bits per heavy atom. The van der Waals surface area contributed by atoms with E-state index in [-0.39, 0.29) is 5.91 Å². The first kappa shape index (κ1) is 18.4. The molecule has 6 heteroatoms. The summed E-state index contributed by atoms with van der Waals surface area (Å²) >= 11 is 0. The largest absolute Gasteiger partial charge is 0.361 e. The van der Waals surface area contributed by atoms with Crippen molar-refractivity contribution in [3.05, 3.63) is 17.0 Å². The molecule has 6 nitrogen and oxygen atoms in total. The zero-order chi connectivity index (χ0) is 17.6. The lowest BCUT2D eigenvalue weighted by Gasteiger charge is -2.35. The molecule has 1 amide bonds. The normalized spacial score (nSPS) is 21.6. The molecule has 1 aromatic rings. The van der Waals surface area contributed by atoms with E-state index < -0.39 is 0 Å². The molecule has 2 fully saturated rings. The summed E-state index contributed by atoms with van der Waals surface area (Å²) < 4.78 is 5.23. The third-order valence-corrected chi connectivity index (χ3v) is 5.61. The summed E-state index contributed by atoms with van der Waals surface area (Å²) in [6, 6.07) is 0.320. The highest BCUT2D eigenvalue weighted by atomic mass is 16.5. The maximum absolute atomic E-state index is 13.1. The van der Waals surface area contributed by atoms with Crippen molar-refractivity contribution in [3.63, 3.8) is 0 Å². The third kappa shape index (κ3) is 4.82. The minimum atomic E-state index is 0.213. The van der Waals surface area contributed by atoms with Crippen molar-refractivity contribution < 1.29 is 9.32 Å². The number of nitrogens with one attached hydrogen (secondary N) is 1. The number of hydrogen-bond acceptors (Lipinski definition) is 5. The quantitative estimate of drug-likeness (QED) is 0.815. The second kappa shape index (κ2) is 8.81. The molecule has 3 rings (SSSR count). The van der Waals surface area contributed by atoms with Crippen LogP contribution >= 0.6 is 0 Å². The molecule has 0 radical (unpaired) electrons. The lowest BCUT2D eigenvalue weighted by atomic mass is 10.0. The van der Waals surface area contributed by atoms with Crippen LogP contribution in [0.15, 0.2) is 4.52 Å². The topological polar surface area (TPSA) is 61.6 Å². The monoisotopic (exact) mass is 348 g/mol. The van der Waals surface area contributed by atoms with Gasteiger partial charge in [0.2, 0.25) is 5.91 Å². The Bertz CT molecular complexity index is 540. The minimum absolute atomic E-state index is 0.213. The van der Waals surface area contributed by atoms with E-state index in [1.54, 1.807) is 0 Å². The van der Waals surface area contributed by atoms with Crippen molar-refractivity contribution in [2.24, 2.45) is 0 Å². The van der Waals surface area contributed by atoms with E-state index in [1.165, 1.54) is 25.9 Å². The number of piperidine rings is 1. The van der Waals surface area contributed by atoms with E-state index in [2.05, 4.69) is 20.3 Å². The highest BCUT2D eigenvalue weighted by Crippen LogP contribution is 2.18. The molecule has 25 heavy (non-hydrogen) atoms. The fraction of sp³-hybridized carbons (Fsp3) is 0.789. The number of carbonyl (C=O) groups is 1. The Hall–Kier alpha value is -1.40. The second-order valence-corrected chi connectivity index (χ2v) is 7.47. The van der Waals surface area contributed by atoms with Gasteiger partial charge in [-0.15, -0.1) is 0 Å². The summed E-state index contributed by atoms with van der Waals surface area (Å²) in [7, 11) is 0. The van der Waals surface area contributed by atoms with E-state index in [9.17, 15) is 4.79 Å². The van der Waals surface area contributed by atoms with Crippen molar-refractivity contribution in [2.45, 2.75) is 58.4 Å². The fourth-order valence-corrected chi connectivity index (χ4v) is 4.09. The van der Waals surface area contributed by atoms with Gasteiger partial charge in [-0.3, -0.25) is 4.79 Å². The summed E-state index contributed by atoms with van der Waals surface area (Å²) in [6.45, 7) is 10.2. The predicted octanol–water partition coefficient (Wildman–Crippen LogP) is 1.90. The Morgan fingerprint density at radius 3 is 2.76 bits per heavy atom. The van der Waals surface area contributed by atoms with E-state index in [0.29, 0.717) is 12.5 Å². The molecule has 2 aliphatic rings. The Kier molecular flexibility index (Phi) is 6.48. The first-order chi connectivity index (χ1) is 12.1. The van der Waals surface area contributed by atoms with Gasteiger partial charge in [-0.1, -0.05) is 5.16 Å². The van der Waals surface area contributed by atoms with Crippen LogP contribution in [-0.2, 0) is 11.2 Å². The third-order valence-electron chi connectivity index (χ3n) is 5.61. The molecule has 0 aliphatic carbocycles. The van der Waals surface area contributed by atoms with Crippen LogP contribution in [0.2, 0.25) is 0 Å². The highest BCUT2D eigenvalue weighted by Gasteiger charge is 2.27. The van der Waals surface area contributed by atoms with Gasteiger partial charge >= 0.3 is 0 Å². The molecule has 140 valence electrons. The van der Waals surface area contributed by atoms with Crippen LogP contribution in [0.1, 0.15) is 49.1 Å². The average molecular weight is 348 g/mol. The van der Waals surface area contributed by atoms with E-state index in [4.69, 9.17) is 4.52 Å². The first-order valence-electron chi connectivity index (χ1n) is 9.79. The van der Waals surface area contributed by atoms with Crippen molar-refractivity contribution in [2.75, 3.05) is 39.3 Å². The second-order valence-electron chi connectivity index (χ2n) is 7.47. The lowest BCUT2D eigenvalue weighted by molar-refractivity contribution is -0.133. The number of rotatable bonds is 7. The van der Waals surface area contributed by atoms with Crippen molar-refractivity contribution in [3.8, 4) is 0 Å². The molecule has 0 aromatic carbocycles. The molecule has 1 N–H and O–H groups in total. The maximum atomic E-state index is 13.1. The number of aryl methyl sites for hydroxylation is 2. The summed E-state index contributed by atoms with van der Waals surface area (Å²) in [5.74, 6) is 0.981. The molecule has 2 saturated heterocycles.